The number of hydrogen-bond acceptors (Lipinski definition) is 5. The van der Waals surface area contributed by atoms with Gasteiger partial charge in [-0.25, -0.2) is 8.42 Å². The molecule has 2 heterocycles. The molecular weight excluding hydrogens is 398 g/mol. The fourth-order valence-electron chi connectivity index (χ4n) is 3.14. The quantitative estimate of drug-likeness (QED) is 0.700. The van der Waals surface area contributed by atoms with Crippen LogP contribution >= 0.6 is 0 Å². The Labute approximate surface area is 163 Å². The summed E-state index contributed by atoms with van der Waals surface area (Å²) in [7, 11) is -5.04. The number of nitrogens with zero attached hydrogens (tertiary/aromatic N) is 1. The summed E-state index contributed by atoms with van der Waals surface area (Å²) in [6.45, 7) is 7.79. The van der Waals surface area contributed by atoms with Crippen molar-refractivity contribution in [3.05, 3.63) is 18.2 Å². The van der Waals surface area contributed by atoms with Gasteiger partial charge in [0.2, 0.25) is 10.0 Å². The summed E-state index contributed by atoms with van der Waals surface area (Å²) < 4.78 is 81.4. The van der Waals surface area contributed by atoms with Crippen LogP contribution in [0.2, 0.25) is 0 Å². The molecule has 28 heavy (non-hydrogen) atoms. The van der Waals surface area contributed by atoms with Crippen molar-refractivity contribution in [3.63, 3.8) is 0 Å². The van der Waals surface area contributed by atoms with Crippen LogP contribution in [0, 0.1) is 0 Å². The van der Waals surface area contributed by atoms with Gasteiger partial charge in [-0.2, -0.15) is 4.31 Å². The summed E-state index contributed by atoms with van der Waals surface area (Å²) in [4.78, 5) is -0.521. The van der Waals surface area contributed by atoms with E-state index in [9.17, 15) is 21.6 Å². The van der Waals surface area contributed by atoms with Crippen molar-refractivity contribution in [1.82, 2.24) is 4.31 Å². The first kappa shape index (κ1) is 21.4. The zero-order chi connectivity index (χ0) is 21.0. The average molecular weight is 421 g/mol. The van der Waals surface area contributed by atoms with Gasteiger partial charge in [0, 0.05) is 13.1 Å². The van der Waals surface area contributed by atoms with Crippen LogP contribution in [0.15, 0.2) is 23.1 Å². The molecule has 0 saturated carbocycles. The highest BCUT2D eigenvalue weighted by atomic mass is 32.2. The fourth-order valence-corrected chi connectivity index (χ4v) is 4.75. The molecule has 3 rings (SSSR count). The number of benzene rings is 1. The van der Waals surface area contributed by atoms with Crippen molar-refractivity contribution >= 4 is 22.6 Å². The van der Waals surface area contributed by atoms with E-state index in [-0.39, 0.29) is 18.6 Å². The summed E-state index contributed by atoms with van der Waals surface area (Å²) in [6, 6.07) is 3.54. The lowest BCUT2D eigenvalue weighted by Gasteiger charge is -2.32. The molecule has 0 unspecified atom stereocenters. The van der Waals surface area contributed by atoms with Crippen LogP contribution in [-0.2, 0) is 19.3 Å². The molecule has 6 nitrogen and oxygen atoms in total. The Balaban J connectivity index is 2.01. The van der Waals surface area contributed by atoms with Gasteiger partial charge in [-0.3, -0.25) is 0 Å². The minimum Gasteiger partial charge on any atom is -0.404 e. The van der Waals surface area contributed by atoms with E-state index in [0.29, 0.717) is 12.8 Å². The first-order chi connectivity index (χ1) is 12.7. The summed E-state index contributed by atoms with van der Waals surface area (Å²) in [5, 5.41) is 0. The van der Waals surface area contributed by atoms with Gasteiger partial charge in [0.25, 0.3) is 0 Å². The summed E-state index contributed by atoms with van der Waals surface area (Å²) in [5.74, 6) is -0.786. The molecule has 1 aromatic rings. The van der Waals surface area contributed by atoms with Gasteiger partial charge in [-0.05, 0) is 58.1 Å². The molecule has 2 fully saturated rings. The summed E-state index contributed by atoms with van der Waals surface area (Å²) >= 11 is 0. The minimum absolute atomic E-state index is 0.248. The minimum atomic E-state index is -5.04. The summed E-state index contributed by atoms with van der Waals surface area (Å²) in [5.41, 5.74) is -1.13. The van der Waals surface area contributed by atoms with Crippen LogP contribution in [0.25, 0.3) is 0 Å². The van der Waals surface area contributed by atoms with Crippen LogP contribution in [0.4, 0.5) is 13.2 Å². The molecule has 2 saturated heterocycles. The second-order valence-corrected chi connectivity index (χ2v) is 9.86. The zero-order valence-corrected chi connectivity index (χ0v) is 17.0. The van der Waals surface area contributed by atoms with E-state index in [4.69, 9.17) is 9.31 Å². The molecule has 0 radical (unpaired) electrons. The first-order valence-corrected chi connectivity index (χ1v) is 10.4. The Morgan fingerprint density at radius 3 is 2.11 bits per heavy atom. The van der Waals surface area contributed by atoms with E-state index in [1.807, 2.05) is 27.7 Å². The smallest absolute Gasteiger partial charge is 0.404 e. The maximum absolute atomic E-state index is 12.9. The van der Waals surface area contributed by atoms with E-state index in [2.05, 4.69) is 4.74 Å². The highest BCUT2D eigenvalue weighted by Crippen LogP contribution is 2.38. The Morgan fingerprint density at radius 2 is 1.61 bits per heavy atom. The fraction of sp³-hybridized carbons (Fsp3) is 0.647. The molecule has 2 aliphatic rings. The lowest BCUT2D eigenvalue weighted by molar-refractivity contribution is -0.275. The third kappa shape index (κ3) is 4.03. The predicted octanol–water partition coefficient (Wildman–Crippen LogP) is 2.67. The Bertz CT molecular complexity index is 835. The van der Waals surface area contributed by atoms with Gasteiger partial charge in [-0.15, -0.1) is 13.2 Å². The third-order valence-corrected chi connectivity index (χ3v) is 7.34. The number of ether oxygens (including phenoxy) is 1. The van der Waals surface area contributed by atoms with Crippen molar-refractivity contribution in [1.29, 1.82) is 0 Å². The number of rotatable bonds is 4. The Hall–Kier alpha value is -1.30. The molecule has 0 aliphatic carbocycles. The third-order valence-electron chi connectivity index (χ3n) is 5.40. The molecule has 0 atom stereocenters. The van der Waals surface area contributed by atoms with Crippen LogP contribution in [0.3, 0.4) is 0 Å². The normalized spacial score (nSPS) is 22.6. The molecule has 0 aromatic heterocycles. The number of halogens is 3. The second kappa shape index (κ2) is 6.89. The SMILES string of the molecule is CC1(C)OB(c2ccc(S(=O)(=O)N3CCCC3)c(OC(F)(F)F)c2)OC1(C)C. The molecular formula is C17H23BF3NO5S. The maximum atomic E-state index is 12.9. The summed E-state index contributed by atoms with van der Waals surface area (Å²) in [6.07, 6.45) is -3.70. The van der Waals surface area contributed by atoms with Gasteiger partial charge in [0.05, 0.1) is 11.2 Å². The number of alkyl halides is 3. The van der Waals surface area contributed by atoms with E-state index >= 15 is 0 Å². The van der Waals surface area contributed by atoms with Gasteiger partial charge in [0.1, 0.15) is 10.6 Å². The molecule has 156 valence electrons. The highest BCUT2D eigenvalue weighted by Gasteiger charge is 2.52. The van der Waals surface area contributed by atoms with Gasteiger partial charge < -0.3 is 14.0 Å². The molecule has 0 amide bonds. The molecule has 2 aliphatic heterocycles. The van der Waals surface area contributed by atoms with E-state index < -0.39 is 45.4 Å². The van der Waals surface area contributed by atoms with Gasteiger partial charge >= 0.3 is 13.5 Å². The largest absolute Gasteiger partial charge is 0.573 e. The van der Waals surface area contributed by atoms with Crippen LogP contribution in [-0.4, -0.2) is 50.5 Å². The standard InChI is InChI=1S/C17H23BF3NO5S/c1-15(2)16(3,4)27-18(26-15)12-7-8-14(13(11-12)25-17(19,20)21)28(23,24)22-9-5-6-10-22/h7-8,11H,5-6,9-10H2,1-4H3. The topological polar surface area (TPSA) is 65.1 Å². The van der Waals surface area contributed by atoms with Crippen LogP contribution in [0.5, 0.6) is 5.75 Å². The Kier molecular flexibility index (Phi) is 5.27. The maximum Gasteiger partial charge on any atom is 0.573 e. The van der Waals surface area contributed by atoms with Crippen molar-refractivity contribution < 1.29 is 35.6 Å². The Morgan fingerprint density at radius 1 is 1.07 bits per heavy atom. The zero-order valence-electron chi connectivity index (χ0n) is 16.2. The second-order valence-electron chi connectivity index (χ2n) is 7.95. The van der Waals surface area contributed by atoms with Crippen molar-refractivity contribution in [3.8, 4) is 5.75 Å². The average Bonchev–Trinajstić information content (AvgIpc) is 3.13. The van der Waals surface area contributed by atoms with Crippen LogP contribution in [0.1, 0.15) is 40.5 Å². The van der Waals surface area contributed by atoms with E-state index in [0.717, 1.165) is 12.1 Å². The molecule has 0 N–H and O–H groups in total. The van der Waals surface area contributed by atoms with Gasteiger partial charge in [-0.1, -0.05) is 6.07 Å². The van der Waals surface area contributed by atoms with E-state index in [1.54, 1.807) is 0 Å². The van der Waals surface area contributed by atoms with Gasteiger partial charge in [0.15, 0.2) is 0 Å². The molecule has 0 spiro atoms. The van der Waals surface area contributed by atoms with Crippen molar-refractivity contribution in [2.75, 3.05) is 13.1 Å². The van der Waals surface area contributed by atoms with E-state index in [1.165, 1.54) is 10.4 Å². The molecule has 11 heteroatoms. The lowest BCUT2D eigenvalue weighted by atomic mass is 9.79. The van der Waals surface area contributed by atoms with Crippen LogP contribution < -0.4 is 10.2 Å². The lowest BCUT2D eigenvalue weighted by Crippen LogP contribution is -2.41. The number of sulfonamides is 1. The predicted molar refractivity (Wildman–Crippen MR) is 96.8 cm³/mol. The highest BCUT2D eigenvalue weighted by molar-refractivity contribution is 7.89. The number of hydrogen-bond donors (Lipinski definition) is 0. The first-order valence-electron chi connectivity index (χ1n) is 8.98. The molecule has 0 bridgehead atoms. The van der Waals surface area contributed by atoms with Crippen molar-refractivity contribution in [2.24, 2.45) is 0 Å². The monoisotopic (exact) mass is 421 g/mol. The molecule has 1 aromatic carbocycles. The van der Waals surface area contributed by atoms with Crippen molar-refractivity contribution in [2.45, 2.75) is 63.0 Å².